The van der Waals surface area contributed by atoms with Gasteiger partial charge in [0.15, 0.2) is 11.5 Å². The first-order valence-electron chi connectivity index (χ1n) is 9.40. The molecule has 0 unspecified atom stereocenters. The quantitative estimate of drug-likeness (QED) is 0.706. The van der Waals surface area contributed by atoms with Crippen molar-refractivity contribution in [1.82, 2.24) is 4.90 Å². The van der Waals surface area contributed by atoms with Gasteiger partial charge in [-0.2, -0.15) is 0 Å². The zero-order valence-electron chi connectivity index (χ0n) is 15.9. The molecular formula is C21H28ClN3O3. The van der Waals surface area contributed by atoms with Crippen LogP contribution in [0, 0.1) is 0 Å². The molecule has 1 aliphatic heterocycles. The summed E-state index contributed by atoms with van der Waals surface area (Å²) in [4.78, 5) is 14.6. The molecule has 7 heteroatoms. The van der Waals surface area contributed by atoms with Gasteiger partial charge in [-0.05, 0) is 24.1 Å². The number of nitrogens with two attached hydrogens (primary N) is 1. The van der Waals surface area contributed by atoms with Gasteiger partial charge in [0.25, 0.3) is 0 Å². The van der Waals surface area contributed by atoms with E-state index in [4.69, 9.17) is 15.2 Å². The fraction of sp³-hybridized carbons (Fsp3) is 0.381. The lowest BCUT2D eigenvalue weighted by Gasteiger charge is -2.21. The maximum Gasteiger partial charge on any atom is 0.238 e. The maximum absolute atomic E-state index is 12.5. The summed E-state index contributed by atoms with van der Waals surface area (Å²) in [6.07, 6.45) is 1.74. The van der Waals surface area contributed by atoms with E-state index in [1.807, 2.05) is 36.4 Å². The Kier molecular flexibility index (Phi) is 9.07. The molecule has 28 heavy (non-hydrogen) atoms. The molecule has 0 fully saturated rings. The molecule has 3 rings (SSSR count). The second kappa shape index (κ2) is 11.5. The highest BCUT2D eigenvalue weighted by atomic mass is 35.5. The predicted molar refractivity (Wildman–Crippen MR) is 114 cm³/mol. The molecule has 3 N–H and O–H groups in total. The van der Waals surface area contributed by atoms with Gasteiger partial charge in [-0.15, -0.1) is 12.4 Å². The van der Waals surface area contributed by atoms with Gasteiger partial charge in [-0.3, -0.25) is 9.69 Å². The van der Waals surface area contributed by atoms with Crippen molar-refractivity contribution < 1.29 is 14.3 Å². The van der Waals surface area contributed by atoms with Crippen LogP contribution < -0.4 is 20.5 Å². The fourth-order valence-electron chi connectivity index (χ4n) is 3.03. The molecule has 0 saturated carbocycles. The van der Waals surface area contributed by atoms with E-state index in [-0.39, 0.29) is 18.3 Å². The van der Waals surface area contributed by atoms with Gasteiger partial charge < -0.3 is 20.5 Å². The number of carbonyl (C=O) groups excluding carboxylic acids is 1. The SMILES string of the molecule is Cl.NCCN(CCc1ccccc1)CC(=O)Nc1ccc2c(c1)OCCCO2. The van der Waals surface area contributed by atoms with Crippen LogP contribution in [0.25, 0.3) is 0 Å². The van der Waals surface area contributed by atoms with Crippen LogP contribution in [0.5, 0.6) is 11.5 Å². The summed E-state index contributed by atoms with van der Waals surface area (Å²) in [5.74, 6) is 1.33. The molecule has 0 saturated heterocycles. The standard InChI is InChI=1S/C21H27N3O3.ClH/c22-10-12-24(11-9-17-5-2-1-3-6-17)16-21(25)23-18-7-8-19-20(15-18)27-14-4-13-26-19;/h1-3,5-8,15H,4,9-14,16,22H2,(H,23,25);1H. The number of anilines is 1. The Bertz CT molecular complexity index is 743. The van der Waals surface area contributed by atoms with Crippen LogP contribution in [0.1, 0.15) is 12.0 Å². The van der Waals surface area contributed by atoms with Gasteiger partial charge in [-0.1, -0.05) is 30.3 Å². The van der Waals surface area contributed by atoms with Crippen LogP contribution in [0.3, 0.4) is 0 Å². The largest absolute Gasteiger partial charge is 0.490 e. The van der Waals surface area contributed by atoms with E-state index in [1.54, 1.807) is 0 Å². The van der Waals surface area contributed by atoms with Crippen molar-refractivity contribution in [1.29, 1.82) is 0 Å². The zero-order chi connectivity index (χ0) is 18.9. The Morgan fingerprint density at radius 2 is 1.79 bits per heavy atom. The second-order valence-electron chi connectivity index (χ2n) is 6.56. The molecule has 6 nitrogen and oxygen atoms in total. The van der Waals surface area contributed by atoms with Crippen LogP contribution >= 0.6 is 12.4 Å². The molecule has 1 heterocycles. The Morgan fingerprint density at radius 1 is 1.04 bits per heavy atom. The van der Waals surface area contributed by atoms with Crippen molar-refractivity contribution >= 4 is 24.0 Å². The highest BCUT2D eigenvalue weighted by molar-refractivity contribution is 5.92. The number of ether oxygens (including phenoxy) is 2. The first kappa shape index (κ1) is 22.0. The Hall–Kier alpha value is -2.28. The summed E-state index contributed by atoms with van der Waals surface area (Å²) < 4.78 is 11.3. The topological polar surface area (TPSA) is 76.8 Å². The molecule has 0 bridgehead atoms. The van der Waals surface area contributed by atoms with Crippen molar-refractivity contribution in [3.05, 3.63) is 54.1 Å². The molecule has 1 aliphatic rings. The smallest absolute Gasteiger partial charge is 0.238 e. The Morgan fingerprint density at radius 3 is 2.54 bits per heavy atom. The van der Waals surface area contributed by atoms with Gasteiger partial charge in [0.2, 0.25) is 5.91 Å². The summed E-state index contributed by atoms with van der Waals surface area (Å²) in [6.45, 7) is 3.56. The summed E-state index contributed by atoms with van der Waals surface area (Å²) in [6, 6.07) is 15.7. The van der Waals surface area contributed by atoms with Crippen molar-refractivity contribution in [2.45, 2.75) is 12.8 Å². The molecule has 0 atom stereocenters. The predicted octanol–water partition coefficient (Wildman–Crippen LogP) is 2.71. The number of rotatable bonds is 8. The molecule has 2 aromatic rings. The van der Waals surface area contributed by atoms with E-state index in [0.717, 1.165) is 25.1 Å². The minimum Gasteiger partial charge on any atom is -0.490 e. The molecule has 2 aromatic carbocycles. The summed E-state index contributed by atoms with van der Waals surface area (Å²) in [5, 5.41) is 2.94. The molecular weight excluding hydrogens is 378 g/mol. The van der Waals surface area contributed by atoms with Crippen molar-refractivity contribution in [2.75, 3.05) is 44.7 Å². The van der Waals surface area contributed by atoms with E-state index in [2.05, 4.69) is 22.3 Å². The zero-order valence-corrected chi connectivity index (χ0v) is 16.7. The van der Waals surface area contributed by atoms with Crippen molar-refractivity contribution in [3.63, 3.8) is 0 Å². The highest BCUT2D eigenvalue weighted by Gasteiger charge is 2.14. The number of nitrogens with zero attached hydrogens (tertiary/aromatic N) is 1. The van der Waals surface area contributed by atoms with Gasteiger partial charge in [0, 0.05) is 37.8 Å². The average molecular weight is 406 g/mol. The summed E-state index contributed by atoms with van der Waals surface area (Å²) in [7, 11) is 0. The first-order chi connectivity index (χ1) is 13.2. The van der Waals surface area contributed by atoms with Crippen molar-refractivity contribution in [3.8, 4) is 11.5 Å². The number of carbonyl (C=O) groups is 1. The van der Waals surface area contributed by atoms with Gasteiger partial charge >= 0.3 is 0 Å². The number of amides is 1. The molecule has 0 radical (unpaired) electrons. The van der Waals surface area contributed by atoms with Crippen LogP contribution in [-0.2, 0) is 11.2 Å². The minimum atomic E-state index is -0.0639. The molecule has 0 spiro atoms. The minimum absolute atomic E-state index is 0. The van der Waals surface area contributed by atoms with Crippen LogP contribution in [-0.4, -0.2) is 50.2 Å². The van der Waals surface area contributed by atoms with Gasteiger partial charge in [0.1, 0.15) is 0 Å². The third-order valence-corrected chi connectivity index (χ3v) is 4.40. The molecule has 1 amide bonds. The normalized spacial score (nSPS) is 12.8. The van der Waals surface area contributed by atoms with Gasteiger partial charge in [-0.25, -0.2) is 0 Å². The lowest BCUT2D eigenvalue weighted by Crippen LogP contribution is -2.38. The fourth-order valence-corrected chi connectivity index (χ4v) is 3.03. The molecule has 0 aliphatic carbocycles. The molecule has 0 aromatic heterocycles. The van der Waals surface area contributed by atoms with E-state index in [9.17, 15) is 4.79 Å². The van der Waals surface area contributed by atoms with Crippen LogP contribution in [0.2, 0.25) is 0 Å². The summed E-state index contributed by atoms with van der Waals surface area (Å²) >= 11 is 0. The van der Waals surface area contributed by atoms with E-state index >= 15 is 0 Å². The summed E-state index contributed by atoms with van der Waals surface area (Å²) in [5.41, 5.74) is 7.67. The number of nitrogens with one attached hydrogen (secondary N) is 1. The number of fused-ring (bicyclic) bond motifs is 1. The second-order valence-corrected chi connectivity index (χ2v) is 6.56. The highest BCUT2D eigenvalue weighted by Crippen LogP contribution is 2.32. The van der Waals surface area contributed by atoms with E-state index < -0.39 is 0 Å². The monoisotopic (exact) mass is 405 g/mol. The van der Waals surface area contributed by atoms with Gasteiger partial charge in [0.05, 0.1) is 19.8 Å². The first-order valence-corrected chi connectivity index (χ1v) is 9.40. The lowest BCUT2D eigenvalue weighted by molar-refractivity contribution is -0.117. The van der Waals surface area contributed by atoms with E-state index in [0.29, 0.717) is 44.3 Å². The average Bonchev–Trinajstić information content (AvgIpc) is 2.92. The number of halogens is 1. The third-order valence-electron chi connectivity index (χ3n) is 4.40. The third kappa shape index (κ3) is 6.71. The van der Waals surface area contributed by atoms with Crippen molar-refractivity contribution in [2.24, 2.45) is 5.73 Å². The van der Waals surface area contributed by atoms with Crippen LogP contribution in [0.4, 0.5) is 5.69 Å². The van der Waals surface area contributed by atoms with E-state index in [1.165, 1.54) is 5.56 Å². The maximum atomic E-state index is 12.5. The number of benzene rings is 2. The van der Waals surface area contributed by atoms with Crippen LogP contribution in [0.15, 0.2) is 48.5 Å². The number of hydrogen-bond acceptors (Lipinski definition) is 5. The Balaban J connectivity index is 0.00000280. The lowest BCUT2D eigenvalue weighted by atomic mass is 10.1. The Labute approximate surface area is 172 Å². The number of hydrogen-bond donors (Lipinski definition) is 2. The molecule has 152 valence electrons.